The second kappa shape index (κ2) is 3.63. The highest BCUT2D eigenvalue weighted by Gasteiger charge is 2.28. The van der Waals surface area contributed by atoms with Gasteiger partial charge in [0, 0.05) is 4.75 Å². The van der Waals surface area contributed by atoms with Crippen LogP contribution < -0.4 is 5.73 Å². The molecule has 10 heavy (non-hydrogen) atoms. The minimum Gasteiger partial charge on any atom is -0.330 e. The van der Waals surface area contributed by atoms with Crippen molar-refractivity contribution in [3.63, 3.8) is 0 Å². The molecule has 2 heteroatoms. The van der Waals surface area contributed by atoms with E-state index in [2.05, 4.69) is 18.7 Å². The van der Waals surface area contributed by atoms with Gasteiger partial charge in [0.15, 0.2) is 0 Å². The largest absolute Gasteiger partial charge is 0.330 e. The maximum atomic E-state index is 5.46. The van der Waals surface area contributed by atoms with Gasteiger partial charge in [-0.2, -0.15) is 11.8 Å². The van der Waals surface area contributed by atoms with Gasteiger partial charge in [-0.3, -0.25) is 0 Å². The van der Waals surface area contributed by atoms with Crippen LogP contribution in [0.5, 0.6) is 0 Å². The molecule has 60 valence electrons. The van der Waals surface area contributed by atoms with E-state index < -0.39 is 0 Å². The highest BCUT2D eigenvalue weighted by atomic mass is 32.2. The van der Waals surface area contributed by atoms with Crippen LogP contribution in [0.15, 0.2) is 0 Å². The minimum atomic E-state index is 0.583. The molecule has 1 nitrogen and oxygen atoms in total. The predicted octanol–water partition coefficient (Wildman–Crippen LogP) is 2.01. The Morgan fingerprint density at radius 1 is 1.60 bits per heavy atom. The van der Waals surface area contributed by atoms with E-state index in [1.807, 2.05) is 0 Å². The Bertz CT molecular complexity index is 97.4. The Morgan fingerprint density at radius 2 is 2.40 bits per heavy atom. The maximum absolute atomic E-state index is 5.46. The van der Waals surface area contributed by atoms with E-state index in [1.165, 1.54) is 31.4 Å². The first kappa shape index (κ1) is 8.41. The molecule has 1 atom stereocenters. The number of hydrogen-bond acceptors (Lipinski definition) is 2. The Morgan fingerprint density at radius 3 is 2.90 bits per heavy atom. The second-order valence-corrected chi connectivity index (χ2v) is 4.98. The van der Waals surface area contributed by atoms with E-state index in [1.54, 1.807) is 0 Å². The molecule has 1 saturated heterocycles. The van der Waals surface area contributed by atoms with Crippen molar-refractivity contribution >= 4 is 11.8 Å². The lowest BCUT2D eigenvalue weighted by molar-refractivity contribution is 0.542. The van der Waals surface area contributed by atoms with E-state index in [-0.39, 0.29) is 0 Å². The lowest BCUT2D eigenvalue weighted by atomic mass is 10.00. The van der Waals surface area contributed by atoms with Crippen molar-refractivity contribution in [2.45, 2.75) is 37.4 Å². The molecule has 2 N–H and O–H groups in total. The van der Waals surface area contributed by atoms with Crippen molar-refractivity contribution in [3.05, 3.63) is 0 Å². The second-order valence-electron chi connectivity index (χ2n) is 3.29. The molecule has 1 heterocycles. The zero-order valence-corrected chi connectivity index (χ0v) is 7.54. The maximum Gasteiger partial charge on any atom is 0.0132 e. The molecule has 1 aliphatic rings. The summed E-state index contributed by atoms with van der Waals surface area (Å²) in [6.07, 6.45) is 5.32. The van der Waals surface area contributed by atoms with Crippen molar-refractivity contribution in [1.82, 2.24) is 0 Å². The van der Waals surface area contributed by atoms with Crippen molar-refractivity contribution in [3.8, 4) is 0 Å². The molecule has 0 radical (unpaired) electrons. The summed E-state index contributed by atoms with van der Waals surface area (Å²) in [7, 11) is 0. The standard InChI is InChI=1S/C8H17NS/c1-8(4-2-6-9)5-3-7-10-8/h2-7,9H2,1H3. The average molecular weight is 159 g/mol. The van der Waals surface area contributed by atoms with Crippen LogP contribution in [0.4, 0.5) is 0 Å². The van der Waals surface area contributed by atoms with Gasteiger partial charge in [-0.25, -0.2) is 0 Å². The highest BCUT2D eigenvalue weighted by Crippen LogP contribution is 2.40. The predicted molar refractivity (Wildman–Crippen MR) is 48.4 cm³/mol. The van der Waals surface area contributed by atoms with Crippen LogP contribution in [0.2, 0.25) is 0 Å². The molecule has 0 spiro atoms. The Labute approximate surface area is 67.8 Å². The number of hydrogen-bond donors (Lipinski definition) is 1. The molecule has 1 rings (SSSR count). The summed E-state index contributed by atoms with van der Waals surface area (Å²) in [5.41, 5.74) is 5.46. The first-order valence-corrected chi connectivity index (χ1v) is 5.09. The van der Waals surface area contributed by atoms with Crippen LogP contribution in [-0.4, -0.2) is 17.0 Å². The van der Waals surface area contributed by atoms with Crippen molar-refractivity contribution in [2.24, 2.45) is 5.73 Å². The summed E-state index contributed by atoms with van der Waals surface area (Å²) >= 11 is 2.13. The van der Waals surface area contributed by atoms with Crippen LogP contribution in [-0.2, 0) is 0 Å². The molecule has 0 saturated carbocycles. The van der Waals surface area contributed by atoms with Gasteiger partial charge in [-0.15, -0.1) is 0 Å². The van der Waals surface area contributed by atoms with Gasteiger partial charge in [-0.05, 0) is 38.0 Å². The fourth-order valence-electron chi connectivity index (χ4n) is 1.51. The van der Waals surface area contributed by atoms with Crippen LogP contribution >= 0.6 is 11.8 Å². The van der Waals surface area contributed by atoms with Gasteiger partial charge in [-0.1, -0.05) is 6.92 Å². The molecule has 0 aromatic heterocycles. The van der Waals surface area contributed by atoms with Crippen LogP contribution in [0, 0.1) is 0 Å². The third-order valence-electron chi connectivity index (χ3n) is 2.21. The average Bonchev–Trinajstić information content (AvgIpc) is 2.33. The van der Waals surface area contributed by atoms with Gasteiger partial charge in [0.25, 0.3) is 0 Å². The number of nitrogens with two attached hydrogens (primary N) is 1. The lowest BCUT2D eigenvalue weighted by Crippen LogP contribution is -2.17. The molecule has 1 fully saturated rings. The summed E-state index contributed by atoms with van der Waals surface area (Å²) in [5.74, 6) is 1.36. The molecule has 0 bridgehead atoms. The normalized spacial score (nSPS) is 33.0. The van der Waals surface area contributed by atoms with Crippen molar-refractivity contribution in [1.29, 1.82) is 0 Å². The van der Waals surface area contributed by atoms with Crippen molar-refractivity contribution < 1.29 is 0 Å². The van der Waals surface area contributed by atoms with Gasteiger partial charge < -0.3 is 5.73 Å². The van der Waals surface area contributed by atoms with E-state index in [9.17, 15) is 0 Å². The quantitative estimate of drug-likeness (QED) is 0.681. The van der Waals surface area contributed by atoms with Gasteiger partial charge in [0.2, 0.25) is 0 Å². The fraction of sp³-hybridized carbons (Fsp3) is 1.00. The smallest absolute Gasteiger partial charge is 0.0132 e. The molecular formula is C8H17NS. The zero-order chi connectivity index (χ0) is 7.45. The molecule has 0 aliphatic carbocycles. The van der Waals surface area contributed by atoms with Crippen LogP contribution in [0.1, 0.15) is 32.6 Å². The van der Waals surface area contributed by atoms with Crippen LogP contribution in [0.3, 0.4) is 0 Å². The number of thioether (sulfide) groups is 1. The molecule has 0 aromatic rings. The summed E-state index contributed by atoms with van der Waals surface area (Å²) in [5, 5.41) is 0. The van der Waals surface area contributed by atoms with Gasteiger partial charge >= 0.3 is 0 Å². The first-order chi connectivity index (χ1) is 4.77. The molecule has 1 unspecified atom stereocenters. The van der Waals surface area contributed by atoms with Gasteiger partial charge in [0.05, 0.1) is 0 Å². The third-order valence-corrected chi connectivity index (χ3v) is 3.81. The lowest BCUT2D eigenvalue weighted by Gasteiger charge is -2.21. The summed E-state index contributed by atoms with van der Waals surface area (Å²) in [4.78, 5) is 0. The number of rotatable bonds is 3. The molecule has 1 aliphatic heterocycles. The van der Waals surface area contributed by atoms with E-state index >= 15 is 0 Å². The van der Waals surface area contributed by atoms with Gasteiger partial charge in [0.1, 0.15) is 0 Å². The van der Waals surface area contributed by atoms with E-state index in [0.717, 1.165) is 6.54 Å². The van der Waals surface area contributed by atoms with E-state index in [4.69, 9.17) is 5.73 Å². The SMILES string of the molecule is CC1(CCCN)CCCS1. The minimum absolute atomic E-state index is 0.583. The molecule has 0 aromatic carbocycles. The molecular weight excluding hydrogens is 142 g/mol. The zero-order valence-electron chi connectivity index (χ0n) is 6.73. The van der Waals surface area contributed by atoms with E-state index in [0.29, 0.717) is 4.75 Å². The summed E-state index contributed by atoms with van der Waals surface area (Å²) in [6.45, 7) is 3.23. The first-order valence-electron chi connectivity index (χ1n) is 4.11. The monoisotopic (exact) mass is 159 g/mol. The Kier molecular flexibility index (Phi) is 3.05. The Hall–Kier alpha value is 0.310. The third kappa shape index (κ3) is 2.17. The summed E-state index contributed by atoms with van der Waals surface area (Å²) < 4.78 is 0.583. The fourth-order valence-corrected chi connectivity index (χ4v) is 2.87. The summed E-state index contributed by atoms with van der Waals surface area (Å²) in [6, 6.07) is 0. The molecule has 0 amide bonds. The topological polar surface area (TPSA) is 26.0 Å². The Balaban J connectivity index is 2.22. The van der Waals surface area contributed by atoms with Crippen molar-refractivity contribution in [2.75, 3.05) is 12.3 Å². The highest BCUT2D eigenvalue weighted by molar-refractivity contribution is 8.00. The van der Waals surface area contributed by atoms with Crippen LogP contribution in [0.25, 0.3) is 0 Å².